The minimum Gasteiger partial charge on any atom is -0.369 e. The second kappa shape index (κ2) is 5.10. The summed E-state index contributed by atoms with van der Waals surface area (Å²) in [4.78, 5) is 8.36. The van der Waals surface area contributed by atoms with E-state index in [0.717, 1.165) is 6.54 Å². The number of benzene rings is 1. The Morgan fingerprint density at radius 1 is 1.24 bits per heavy atom. The molecule has 1 aromatic carbocycles. The maximum atomic E-state index is 13.3. The molecule has 0 unspecified atom stereocenters. The lowest BCUT2D eigenvalue weighted by Gasteiger charge is -2.08. The maximum Gasteiger partial charge on any atom is 0.152 e. The van der Waals surface area contributed by atoms with Crippen LogP contribution in [-0.2, 0) is 0 Å². The Morgan fingerprint density at radius 3 is 2.71 bits per heavy atom. The highest BCUT2D eigenvalue weighted by Crippen LogP contribution is 2.26. The van der Waals surface area contributed by atoms with Crippen molar-refractivity contribution in [2.24, 2.45) is 0 Å². The average Bonchev–Trinajstić information content (AvgIpc) is 2.29. The highest BCUT2D eigenvalue weighted by Gasteiger charge is 2.09. The lowest BCUT2D eigenvalue weighted by Crippen LogP contribution is -2.02. The van der Waals surface area contributed by atoms with Gasteiger partial charge in [0.1, 0.15) is 11.5 Å². The van der Waals surface area contributed by atoms with Crippen molar-refractivity contribution in [3.05, 3.63) is 41.4 Å². The van der Waals surface area contributed by atoms with Gasteiger partial charge in [0, 0.05) is 29.5 Å². The van der Waals surface area contributed by atoms with Crippen molar-refractivity contribution in [3.8, 4) is 11.3 Å². The van der Waals surface area contributed by atoms with Gasteiger partial charge < -0.3 is 5.32 Å². The molecule has 0 radical (unpaired) electrons. The molecule has 0 fully saturated rings. The fourth-order valence-corrected chi connectivity index (χ4v) is 1.76. The first-order valence-corrected chi connectivity index (χ1v) is 5.60. The van der Waals surface area contributed by atoms with Gasteiger partial charge in [-0.3, -0.25) is 4.98 Å². The fourth-order valence-electron chi connectivity index (χ4n) is 1.54. The summed E-state index contributed by atoms with van der Waals surface area (Å²) >= 11 is 5.82. The van der Waals surface area contributed by atoms with Crippen LogP contribution in [0, 0.1) is 5.82 Å². The van der Waals surface area contributed by atoms with Gasteiger partial charge in [0.15, 0.2) is 5.82 Å². The van der Waals surface area contributed by atoms with E-state index in [1.807, 2.05) is 6.92 Å². The van der Waals surface area contributed by atoms with Crippen LogP contribution < -0.4 is 5.32 Å². The summed E-state index contributed by atoms with van der Waals surface area (Å²) in [5.41, 5.74) is 1.20. The summed E-state index contributed by atoms with van der Waals surface area (Å²) in [5, 5.41) is 3.42. The van der Waals surface area contributed by atoms with Gasteiger partial charge in [0.25, 0.3) is 0 Å². The van der Waals surface area contributed by atoms with E-state index in [9.17, 15) is 4.39 Å². The number of hydrogen-bond donors (Lipinski definition) is 1. The van der Waals surface area contributed by atoms with E-state index >= 15 is 0 Å². The molecule has 1 N–H and O–H groups in total. The number of nitrogens with one attached hydrogen (secondary N) is 1. The highest BCUT2D eigenvalue weighted by atomic mass is 35.5. The lowest BCUT2D eigenvalue weighted by molar-refractivity contribution is 0.628. The Hall–Kier alpha value is -1.68. The summed E-state index contributed by atoms with van der Waals surface area (Å²) in [6.45, 7) is 2.67. The van der Waals surface area contributed by atoms with Gasteiger partial charge in [0.2, 0.25) is 0 Å². The number of nitrogens with zero attached hydrogens (tertiary/aromatic N) is 2. The molecule has 88 valence electrons. The molecule has 0 saturated heterocycles. The van der Waals surface area contributed by atoms with Gasteiger partial charge in [-0.05, 0) is 25.1 Å². The molecule has 3 nitrogen and oxygen atoms in total. The molecule has 2 aromatic rings. The Balaban J connectivity index is 2.51. The number of halogens is 2. The monoisotopic (exact) mass is 251 g/mol. The zero-order chi connectivity index (χ0) is 12.3. The van der Waals surface area contributed by atoms with E-state index in [0.29, 0.717) is 22.1 Å². The Labute approximate surface area is 104 Å². The lowest BCUT2D eigenvalue weighted by atomic mass is 10.1. The molecular weight excluding hydrogens is 241 g/mol. The second-order valence-electron chi connectivity index (χ2n) is 3.44. The van der Waals surface area contributed by atoms with Crippen molar-refractivity contribution >= 4 is 17.4 Å². The average molecular weight is 252 g/mol. The predicted octanol–water partition coefficient (Wildman–Crippen LogP) is 3.37. The van der Waals surface area contributed by atoms with E-state index in [2.05, 4.69) is 15.3 Å². The molecule has 1 aromatic heterocycles. The molecule has 0 aliphatic rings. The zero-order valence-corrected chi connectivity index (χ0v) is 10.0. The van der Waals surface area contributed by atoms with E-state index in [1.54, 1.807) is 18.5 Å². The maximum absolute atomic E-state index is 13.3. The van der Waals surface area contributed by atoms with Gasteiger partial charge in [0.05, 0.1) is 0 Å². The Bertz CT molecular complexity index is 511. The SMILES string of the molecule is CCNc1nccnc1-c1cc(F)cc(Cl)c1. The molecule has 0 spiro atoms. The first kappa shape index (κ1) is 11.8. The van der Waals surface area contributed by atoms with Gasteiger partial charge in [-0.25, -0.2) is 9.37 Å². The minimum absolute atomic E-state index is 0.341. The van der Waals surface area contributed by atoms with Crippen LogP contribution in [0.2, 0.25) is 5.02 Å². The molecule has 17 heavy (non-hydrogen) atoms. The number of aromatic nitrogens is 2. The van der Waals surface area contributed by atoms with Gasteiger partial charge >= 0.3 is 0 Å². The van der Waals surface area contributed by atoms with Crippen LogP contribution in [0.1, 0.15) is 6.92 Å². The predicted molar refractivity (Wildman–Crippen MR) is 66.6 cm³/mol. The van der Waals surface area contributed by atoms with E-state index in [1.165, 1.54) is 12.1 Å². The zero-order valence-electron chi connectivity index (χ0n) is 9.24. The van der Waals surface area contributed by atoms with Crippen molar-refractivity contribution in [3.63, 3.8) is 0 Å². The van der Waals surface area contributed by atoms with Crippen LogP contribution in [0.5, 0.6) is 0 Å². The van der Waals surface area contributed by atoms with Crippen molar-refractivity contribution in [2.45, 2.75) is 6.92 Å². The Morgan fingerprint density at radius 2 is 2.00 bits per heavy atom. The standard InChI is InChI=1S/C12H11ClFN3/c1-2-15-12-11(16-3-4-17-12)8-5-9(13)7-10(14)6-8/h3-7H,2H2,1H3,(H,15,17). The molecule has 2 rings (SSSR count). The summed E-state index contributed by atoms with van der Waals surface area (Å²) < 4.78 is 13.3. The minimum atomic E-state index is -0.388. The number of anilines is 1. The van der Waals surface area contributed by atoms with E-state index in [-0.39, 0.29) is 5.82 Å². The molecule has 0 aliphatic carbocycles. The molecule has 0 atom stereocenters. The van der Waals surface area contributed by atoms with Crippen LogP contribution in [-0.4, -0.2) is 16.5 Å². The smallest absolute Gasteiger partial charge is 0.152 e. The van der Waals surface area contributed by atoms with Crippen molar-refractivity contribution in [1.29, 1.82) is 0 Å². The van der Waals surface area contributed by atoms with Crippen molar-refractivity contribution in [2.75, 3.05) is 11.9 Å². The fraction of sp³-hybridized carbons (Fsp3) is 0.167. The number of hydrogen-bond acceptors (Lipinski definition) is 3. The largest absolute Gasteiger partial charge is 0.369 e. The van der Waals surface area contributed by atoms with Crippen molar-refractivity contribution < 1.29 is 4.39 Å². The highest BCUT2D eigenvalue weighted by molar-refractivity contribution is 6.30. The third-order valence-corrected chi connectivity index (χ3v) is 2.40. The molecule has 5 heteroatoms. The van der Waals surface area contributed by atoms with Crippen LogP contribution in [0.4, 0.5) is 10.2 Å². The summed E-state index contributed by atoms with van der Waals surface area (Å²) in [5.74, 6) is 0.234. The van der Waals surface area contributed by atoms with Crippen LogP contribution in [0.25, 0.3) is 11.3 Å². The third-order valence-electron chi connectivity index (χ3n) is 2.18. The van der Waals surface area contributed by atoms with Crippen LogP contribution in [0.3, 0.4) is 0 Å². The molecule has 0 saturated carbocycles. The molecule has 0 amide bonds. The second-order valence-corrected chi connectivity index (χ2v) is 3.88. The number of rotatable bonds is 3. The summed E-state index contributed by atoms with van der Waals surface area (Å²) in [7, 11) is 0. The quantitative estimate of drug-likeness (QED) is 0.909. The molecule has 0 aliphatic heterocycles. The molecule has 1 heterocycles. The summed E-state index contributed by atoms with van der Waals surface area (Å²) in [6, 6.07) is 4.31. The Kier molecular flexibility index (Phi) is 3.54. The summed E-state index contributed by atoms with van der Waals surface area (Å²) in [6.07, 6.45) is 3.15. The topological polar surface area (TPSA) is 37.8 Å². The first-order valence-electron chi connectivity index (χ1n) is 5.22. The van der Waals surface area contributed by atoms with Crippen molar-refractivity contribution in [1.82, 2.24) is 9.97 Å². The van der Waals surface area contributed by atoms with Crippen LogP contribution >= 0.6 is 11.6 Å². The third kappa shape index (κ3) is 2.71. The van der Waals surface area contributed by atoms with Crippen LogP contribution in [0.15, 0.2) is 30.6 Å². The van der Waals surface area contributed by atoms with Gasteiger partial charge in [-0.15, -0.1) is 0 Å². The molecule has 0 bridgehead atoms. The van der Waals surface area contributed by atoms with Gasteiger partial charge in [-0.2, -0.15) is 0 Å². The molecular formula is C12H11ClFN3. The van der Waals surface area contributed by atoms with E-state index in [4.69, 9.17) is 11.6 Å². The van der Waals surface area contributed by atoms with Gasteiger partial charge in [-0.1, -0.05) is 11.6 Å². The normalized spacial score (nSPS) is 10.3. The first-order chi connectivity index (χ1) is 8.20. The van der Waals surface area contributed by atoms with E-state index < -0.39 is 0 Å².